The molecule has 30 heavy (non-hydrogen) atoms. The minimum absolute atomic E-state index is 0.203. The number of imide groups is 1. The fraction of sp³-hybridized carbons (Fsp3) is 0.524. The highest BCUT2D eigenvalue weighted by atomic mass is 35.5. The molecular formula is C21H28ClN6O2+. The number of aliphatic imine (C=N–C) groups is 1. The monoisotopic (exact) mass is 431 g/mol. The number of carbonyl (C=O) groups excluding carboxylic acids is 2. The van der Waals surface area contributed by atoms with Crippen molar-refractivity contribution >= 4 is 40.9 Å². The Bertz CT molecular complexity index is 922. The van der Waals surface area contributed by atoms with Gasteiger partial charge in [0.2, 0.25) is 0 Å². The number of piperazine rings is 1. The zero-order valence-electron chi connectivity index (χ0n) is 17.7. The predicted octanol–water partition coefficient (Wildman–Crippen LogP) is 1.59. The normalized spacial score (nSPS) is 22.7. The third-order valence-corrected chi connectivity index (χ3v) is 6.22. The Kier molecular flexibility index (Phi) is 5.79. The molecule has 1 aromatic carbocycles. The summed E-state index contributed by atoms with van der Waals surface area (Å²) in [5.74, 6) is 1.21. The maximum Gasteiger partial charge on any atom is 0.333 e. The van der Waals surface area contributed by atoms with E-state index < -0.39 is 6.04 Å². The SMILES string of the molecule is CCC[N+]1=C(CN2CCN(c3cccc(Cl)c3)CC2)N=C2C1C(=O)N(C)C(=O)N2C. The Labute approximate surface area is 182 Å². The number of hydrogen-bond donors (Lipinski definition) is 0. The first-order valence-electron chi connectivity index (χ1n) is 10.4. The van der Waals surface area contributed by atoms with Crippen molar-refractivity contribution < 1.29 is 14.2 Å². The summed E-state index contributed by atoms with van der Waals surface area (Å²) in [4.78, 5) is 37.3. The number of fused-ring (bicyclic) bond motifs is 1. The largest absolute Gasteiger partial charge is 0.369 e. The third kappa shape index (κ3) is 3.70. The number of rotatable bonds is 5. The van der Waals surface area contributed by atoms with E-state index in [9.17, 15) is 9.59 Å². The van der Waals surface area contributed by atoms with Crippen LogP contribution in [-0.4, -0.2) is 102 Å². The molecule has 160 valence electrons. The lowest BCUT2D eigenvalue weighted by molar-refractivity contribution is -0.536. The van der Waals surface area contributed by atoms with Gasteiger partial charge in [-0.2, -0.15) is 0 Å². The standard InChI is InChI=1S/C21H28ClN6O2/c1-4-8-28-17(23-19-18(28)20(29)25(3)21(30)24(19)2)14-26-9-11-27(12-10-26)16-7-5-6-15(22)13-16/h5-7,13,18H,4,8-12,14H2,1-3H3/q+1. The van der Waals surface area contributed by atoms with Crippen molar-refractivity contribution in [3.8, 4) is 0 Å². The van der Waals surface area contributed by atoms with Crippen LogP contribution in [0.1, 0.15) is 13.3 Å². The molecule has 2 saturated heterocycles. The van der Waals surface area contributed by atoms with Gasteiger partial charge in [-0.3, -0.25) is 19.5 Å². The quantitative estimate of drug-likeness (QED) is 0.664. The molecule has 1 unspecified atom stereocenters. The second kappa shape index (κ2) is 8.35. The summed E-state index contributed by atoms with van der Waals surface area (Å²) in [7, 11) is 3.23. The number of hydrogen-bond acceptors (Lipinski definition) is 5. The van der Waals surface area contributed by atoms with E-state index in [1.54, 1.807) is 7.05 Å². The van der Waals surface area contributed by atoms with E-state index in [0.29, 0.717) is 12.4 Å². The first-order valence-corrected chi connectivity index (χ1v) is 10.8. The summed E-state index contributed by atoms with van der Waals surface area (Å²) >= 11 is 6.14. The van der Waals surface area contributed by atoms with Crippen LogP contribution in [0.4, 0.5) is 10.5 Å². The van der Waals surface area contributed by atoms with Gasteiger partial charge >= 0.3 is 11.9 Å². The van der Waals surface area contributed by atoms with Crippen molar-refractivity contribution in [2.75, 3.05) is 58.3 Å². The highest BCUT2D eigenvalue weighted by Gasteiger charge is 2.52. The number of halogens is 1. The van der Waals surface area contributed by atoms with Gasteiger partial charge in [0.1, 0.15) is 6.54 Å². The second-order valence-corrected chi connectivity index (χ2v) is 8.40. The van der Waals surface area contributed by atoms with Crippen molar-refractivity contribution in [1.82, 2.24) is 14.7 Å². The zero-order valence-corrected chi connectivity index (χ0v) is 18.5. The molecule has 4 rings (SSSR count). The average molecular weight is 432 g/mol. The van der Waals surface area contributed by atoms with Crippen molar-refractivity contribution in [1.29, 1.82) is 0 Å². The molecule has 3 aliphatic rings. The molecule has 1 atom stereocenters. The molecule has 0 radical (unpaired) electrons. The van der Waals surface area contributed by atoms with E-state index in [-0.39, 0.29) is 11.9 Å². The van der Waals surface area contributed by atoms with Crippen molar-refractivity contribution in [2.24, 2.45) is 4.99 Å². The van der Waals surface area contributed by atoms with E-state index in [0.717, 1.165) is 55.7 Å². The van der Waals surface area contributed by atoms with Crippen LogP contribution in [-0.2, 0) is 4.79 Å². The summed E-state index contributed by atoms with van der Waals surface area (Å²) in [6.45, 7) is 7.09. The van der Waals surface area contributed by atoms with Gasteiger partial charge < -0.3 is 4.90 Å². The number of nitrogens with zero attached hydrogens (tertiary/aromatic N) is 6. The van der Waals surface area contributed by atoms with Gasteiger partial charge in [0, 0.05) is 51.0 Å². The molecule has 3 heterocycles. The summed E-state index contributed by atoms with van der Waals surface area (Å²) in [5.41, 5.74) is 1.14. The molecule has 9 heteroatoms. The van der Waals surface area contributed by atoms with Crippen LogP contribution in [0.5, 0.6) is 0 Å². The lowest BCUT2D eigenvalue weighted by Gasteiger charge is -2.35. The van der Waals surface area contributed by atoms with Gasteiger partial charge in [0.05, 0.1) is 6.54 Å². The topological polar surface area (TPSA) is 62.5 Å². The number of carbonyl (C=O) groups is 2. The van der Waals surface area contributed by atoms with Gasteiger partial charge in [-0.1, -0.05) is 24.6 Å². The maximum atomic E-state index is 12.8. The van der Waals surface area contributed by atoms with Crippen LogP contribution in [0.3, 0.4) is 0 Å². The van der Waals surface area contributed by atoms with Crippen LogP contribution >= 0.6 is 11.6 Å². The van der Waals surface area contributed by atoms with Gasteiger partial charge in [-0.25, -0.2) is 9.37 Å². The Hall–Kier alpha value is -2.45. The molecule has 8 nitrogen and oxygen atoms in total. The lowest BCUT2D eigenvalue weighted by Crippen LogP contribution is -2.61. The Morgan fingerprint density at radius 1 is 1.13 bits per heavy atom. The summed E-state index contributed by atoms with van der Waals surface area (Å²) < 4.78 is 2.07. The molecule has 0 spiro atoms. The van der Waals surface area contributed by atoms with Gasteiger partial charge in [0.15, 0.2) is 0 Å². The second-order valence-electron chi connectivity index (χ2n) is 7.96. The summed E-state index contributed by atoms with van der Waals surface area (Å²) in [6.07, 6.45) is 0.903. The minimum atomic E-state index is -0.500. The number of anilines is 1. The molecule has 3 amide bonds. The molecule has 3 aliphatic heterocycles. The highest BCUT2D eigenvalue weighted by Crippen LogP contribution is 2.22. The van der Waals surface area contributed by atoms with E-state index in [2.05, 4.69) is 27.4 Å². The fourth-order valence-corrected chi connectivity index (χ4v) is 4.50. The van der Waals surface area contributed by atoms with E-state index in [4.69, 9.17) is 16.6 Å². The number of amidine groups is 2. The Morgan fingerprint density at radius 3 is 2.53 bits per heavy atom. The Morgan fingerprint density at radius 2 is 1.87 bits per heavy atom. The van der Waals surface area contributed by atoms with Crippen LogP contribution in [0.15, 0.2) is 29.3 Å². The smallest absolute Gasteiger partial charge is 0.333 e. The third-order valence-electron chi connectivity index (χ3n) is 5.99. The van der Waals surface area contributed by atoms with Crippen LogP contribution in [0.25, 0.3) is 0 Å². The minimum Gasteiger partial charge on any atom is -0.369 e. The van der Waals surface area contributed by atoms with Crippen molar-refractivity contribution in [3.63, 3.8) is 0 Å². The van der Waals surface area contributed by atoms with E-state index in [1.807, 2.05) is 18.2 Å². The van der Waals surface area contributed by atoms with Crippen molar-refractivity contribution in [2.45, 2.75) is 19.4 Å². The van der Waals surface area contributed by atoms with Crippen molar-refractivity contribution in [3.05, 3.63) is 29.3 Å². The van der Waals surface area contributed by atoms with Crippen LogP contribution in [0, 0.1) is 0 Å². The summed E-state index contributed by atoms with van der Waals surface area (Å²) in [5, 5.41) is 0.749. The predicted molar refractivity (Wildman–Crippen MR) is 118 cm³/mol. The number of urea groups is 1. The fourth-order valence-electron chi connectivity index (χ4n) is 4.31. The molecule has 1 aromatic rings. The molecule has 0 saturated carbocycles. The zero-order chi connectivity index (χ0) is 21.4. The number of amides is 3. The Balaban J connectivity index is 1.49. The average Bonchev–Trinajstić information content (AvgIpc) is 3.10. The van der Waals surface area contributed by atoms with Gasteiger partial charge in [-0.05, 0) is 29.6 Å². The van der Waals surface area contributed by atoms with Gasteiger partial charge in [0.25, 0.3) is 17.8 Å². The maximum absolute atomic E-state index is 12.8. The highest BCUT2D eigenvalue weighted by molar-refractivity contribution is 6.30. The van der Waals surface area contributed by atoms with E-state index >= 15 is 0 Å². The van der Waals surface area contributed by atoms with Crippen LogP contribution in [0.2, 0.25) is 5.02 Å². The summed E-state index contributed by atoms with van der Waals surface area (Å²) in [6, 6.07) is 7.12. The molecule has 0 aromatic heterocycles. The first-order chi connectivity index (χ1) is 14.4. The molecule has 0 bridgehead atoms. The first kappa shape index (κ1) is 20.8. The molecule has 2 fully saturated rings. The lowest BCUT2D eigenvalue weighted by atomic mass is 10.1. The number of benzene rings is 1. The molecule has 0 aliphatic carbocycles. The number of likely N-dealkylation sites (N-methyl/N-ethyl adjacent to an activating group) is 2. The van der Waals surface area contributed by atoms with Gasteiger partial charge in [-0.15, -0.1) is 0 Å². The molecular weight excluding hydrogens is 404 g/mol. The van der Waals surface area contributed by atoms with E-state index in [1.165, 1.54) is 16.8 Å². The van der Waals surface area contributed by atoms with Crippen LogP contribution < -0.4 is 4.90 Å². The molecule has 0 N–H and O–H groups in total.